The van der Waals surface area contributed by atoms with Crippen LogP contribution in [0.4, 0.5) is 0 Å². The van der Waals surface area contributed by atoms with Gasteiger partial charge in [0.05, 0.1) is 19.0 Å². The summed E-state index contributed by atoms with van der Waals surface area (Å²) in [5.74, 6) is 0.864. The summed E-state index contributed by atoms with van der Waals surface area (Å²) in [7, 11) is 1.68. The van der Waals surface area contributed by atoms with Gasteiger partial charge in [-0.1, -0.05) is 12.1 Å². The molecular formula is C14H17N3O. The molecular weight excluding hydrogens is 226 g/mol. The highest BCUT2D eigenvalue weighted by Gasteiger charge is 2.21. The van der Waals surface area contributed by atoms with Gasteiger partial charge in [0.1, 0.15) is 5.75 Å². The molecule has 0 aliphatic heterocycles. The standard InChI is InChI=1S/C14H17N3O/c1-18-13-4-2-3-10(7-13)14-11(9-16-17-14)8-15-12-5-6-12/h2-4,7,9,12,15H,5-6,8H2,1H3,(H,16,17). The minimum Gasteiger partial charge on any atom is -0.497 e. The van der Waals surface area contributed by atoms with Crippen molar-refractivity contribution in [2.75, 3.05) is 7.11 Å². The van der Waals surface area contributed by atoms with Crippen molar-refractivity contribution in [1.82, 2.24) is 15.5 Å². The third kappa shape index (κ3) is 2.38. The Bertz CT molecular complexity index is 531. The summed E-state index contributed by atoms with van der Waals surface area (Å²) in [5.41, 5.74) is 3.39. The third-order valence-corrected chi connectivity index (χ3v) is 3.23. The van der Waals surface area contributed by atoms with Gasteiger partial charge in [0.15, 0.2) is 0 Å². The van der Waals surface area contributed by atoms with Crippen molar-refractivity contribution in [3.05, 3.63) is 36.0 Å². The van der Waals surface area contributed by atoms with E-state index in [-0.39, 0.29) is 0 Å². The number of rotatable bonds is 5. The van der Waals surface area contributed by atoms with Crippen LogP contribution in [0.3, 0.4) is 0 Å². The maximum absolute atomic E-state index is 5.25. The Kier molecular flexibility index (Phi) is 3.02. The van der Waals surface area contributed by atoms with E-state index < -0.39 is 0 Å². The van der Waals surface area contributed by atoms with E-state index in [4.69, 9.17) is 4.74 Å². The molecule has 0 radical (unpaired) electrons. The lowest BCUT2D eigenvalue weighted by Gasteiger charge is -2.06. The van der Waals surface area contributed by atoms with Crippen LogP contribution < -0.4 is 10.1 Å². The molecule has 1 aromatic carbocycles. The Balaban J connectivity index is 1.83. The number of nitrogens with zero attached hydrogens (tertiary/aromatic N) is 1. The number of H-pyrrole nitrogens is 1. The van der Waals surface area contributed by atoms with E-state index in [1.807, 2.05) is 24.4 Å². The molecule has 1 fully saturated rings. The molecule has 1 aromatic heterocycles. The topological polar surface area (TPSA) is 49.9 Å². The van der Waals surface area contributed by atoms with Gasteiger partial charge in [0, 0.05) is 23.7 Å². The number of aromatic amines is 1. The molecule has 2 N–H and O–H groups in total. The molecule has 1 aliphatic rings. The Labute approximate surface area is 106 Å². The molecule has 4 nitrogen and oxygen atoms in total. The number of hydrogen-bond acceptors (Lipinski definition) is 3. The molecule has 2 aromatic rings. The Morgan fingerprint density at radius 3 is 3.11 bits per heavy atom. The normalized spacial score (nSPS) is 14.7. The third-order valence-electron chi connectivity index (χ3n) is 3.23. The quantitative estimate of drug-likeness (QED) is 0.847. The van der Waals surface area contributed by atoms with Crippen LogP contribution in [0.2, 0.25) is 0 Å². The van der Waals surface area contributed by atoms with Crippen LogP contribution >= 0.6 is 0 Å². The van der Waals surface area contributed by atoms with Crippen LogP contribution in [0.5, 0.6) is 5.75 Å². The highest BCUT2D eigenvalue weighted by Crippen LogP contribution is 2.26. The largest absolute Gasteiger partial charge is 0.497 e. The zero-order valence-electron chi connectivity index (χ0n) is 10.4. The number of methoxy groups -OCH3 is 1. The predicted octanol–water partition coefficient (Wildman–Crippen LogP) is 2.34. The van der Waals surface area contributed by atoms with E-state index in [1.54, 1.807) is 7.11 Å². The summed E-state index contributed by atoms with van der Waals surface area (Å²) in [4.78, 5) is 0. The van der Waals surface area contributed by atoms with E-state index in [9.17, 15) is 0 Å². The van der Waals surface area contributed by atoms with Crippen LogP contribution in [-0.4, -0.2) is 23.3 Å². The summed E-state index contributed by atoms with van der Waals surface area (Å²) in [6.45, 7) is 0.869. The molecule has 0 amide bonds. The lowest BCUT2D eigenvalue weighted by atomic mass is 10.1. The molecule has 0 atom stereocenters. The maximum Gasteiger partial charge on any atom is 0.119 e. The van der Waals surface area contributed by atoms with Crippen molar-refractivity contribution in [3.63, 3.8) is 0 Å². The van der Waals surface area contributed by atoms with Crippen molar-refractivity contribution in [2.24, 2.45) is 0 Å². The first-order valence-corrected chi connectivity index (χ1v) is 6.27. The van der Waals surface area contributed by atoms with Crippen LogP contribution in [0.25, 0.3) is 11.3 Å². The monoisotopic (exact) mass is 243 g/mol. The maximum atomic E-state index is 5.25. The Morgan fingerprint density at radius 2 is 2.33 bits per heavy atom. The number of ether oxygens (including phenoxy) is 1. The van der Waals surface area contributed by atoms with Gasteiger partial charge in [-0.15, -0.1) is 0 Å². The molecule has 0 unspecified atom stereocenters. The second kappa shape index (κ2) is 4.82. The molecule has 18 heavy (non-hydrogen) atoms. The van der Waals surface area contributed by atoms with Gasteiger partial charge >= 0.3 is 0 Å². The van der Waals surface area contributed by atoms with E-state index >= 15 is 0 Å². The van der Waals surface area contributed by atoms with Crippen molar-refractivity contribution in [1.29, 1.82) is 0 Å². The molecule has 94 valence electrons. The SMILES string of the molecule is COc1cccc(-c2[nH]ncc2CNC2CC2)c1. The Hall–Kier alpha value is -1.81. The second-order valence-electron chi connectivity index (χ2n) is 4.66. The van der Waals surface area contributed by atoms with Gasteiger partial charge in [-0.2, -0.15) is 5.10 Å². The highest BCUT2D eigenvalue weighted by atomic mass is 16.5. The average molecular weight is 243 g/mol. The van der Waals surface area contributed by atoms with Gasteiger partial charge in [-0.25, -0.2) is 0 Å². The molecule has 1 heterocycles. The number of hydrogen-bond donors (Lipinski definition) is 2. The van der Waals surface area contributed by atoms with Gasteiger partial charge in [0.25, 0.3) is 0 Å². The summed E-state index contributed by atoms with van der Waals surface area (Å²) in [6, 6.07) is 8.73. The van der Waals surface area contributed by atoms with Crippen molar-refractivity contribution >= 4 is 0 Å². The molecule has 0 spiro atoms. The van der Waals surface area contributed by atoms with Gasteiger partial charge in [-0.05, 0) is 25.0 Å². The summed E-state index contributed by atoms with van der Waals surface area (Å²) in [5, 5.41) is 10.7. The second-order valence-corrected chi connectivity index (χ2v) is 4.66. The molecule has 0 bridgehead atoms. The zero-order valence-corrected chi connectivity index (χ0v) is 10.4. The predicted molar refractivity (Wildman–Crippen MR) is 70.4 cm³/mol. The molecule has 1 saturated carbocycles. The lowest BCUT2D eigenvalue weighted by Crippen LogP contribution is -2.15. The van der Waals surface area contributed by atoms with E-state index in [2.05, 4.69) is 21.6 Å². The van der Waals surface area contributed by atoms with Crippen LogP contribution in [0.15, 0.2) is 30.5 Å². The van der Waals surface area contributed by atoms with Crippen LogP contribution in [0, 0.1) is 0 Å². The first-order chi connectivity index (χ1) is 8.86. The number of benzene rings is 1. The van der Waals surface area contributed by atoms with E-state index in [0.717, 1.165) is 23.6 Å². The fourth-order valence-corrected chi connectivity index (χ4v) is 2.02. The van der Waals surface area contributed by atoms with Gasteiger partial charge < -0.3 is 10.1 Å². The molecule has 1 aliphatic carbocycles. The Morgan fingerprint density at radius 1 is 1.44 bits per heavy atom. The van der Waals surface area contributed by atoms with Gasteiger partial charge in [0.2, 0.25) is 0 Å². The summed E-state index contributed by atoms with van der Waals surface area (Å²) < 4.78 is 5.25. The van der Waals surface area contributed by atoms with Gasteiger partial charge in [-0.3, -0.25) is 5.10 Å². The minimum absolute atomic E-state index is 0.707. The van der Waals surface area contributed by atoms with E-state index in [0.29, 0.717) is 6.04 Å². The van der Waals surface area contributed by atoms with Crippen LogP contribution in [-0.2, 0) is 6.54 Å². The zero-order chi connectivity index (χ0) is 12.4. The van der Waals surface area contributed by atoms with Crippen LogP contribution in [0.1, 0.15) is 18.4 Å². The fraction of sp³-hybridized carbons (Fsp3) is 0.357. The molecule has 4 heteroatoms. The highest BCUT2D eigenvalue weighted by molar-refractivity contribution is 5.64. The number of aromatic nitrogens is 2. The van der Waals surface area contributed by atoms with Crippen molar-refractivity contribution < 1.29 is 4.74 Å². The smallest absolute Gasteiger partial charge is 0.119 e. The first-order valence-electron chi connectivity index (χ1n) is 6.27. The van der Waals surface area contributed by atoms with Crippen molar-refractivity contribution in [2.45, 2.75) is 25.4 Å². The number of nitrogens with one attached hydrogen (secondary N) is 2. The van der Waals surface area contributed by atoms with Crippen molar-refractivity contribution in [3.8, 4) is 17.0 Å². The molecule has 3 rings (SSSR count). The molecule has 0 saturated heterocycles. The lowest BCUT2D eigenvalue weighted by molar-refractivity contribution is 0.415. The minimum atomic E-state index is 0.707. The van der Waals surface area contributed by atoms with E-state index in [1.165, 1.54) is 18.4 Å². The fourth-order valence-electron chi connectivity index (χ4n) is 2.02. The first kappa shape index (κ1) is 11.3. The summed E-state index contributed by atoms with van der Waals surface area (Å²) >= 11 is 0. The summed E-state index contributed by atoms with van der Waals surface area (Å²) in [6.07, 6.45) is 4.49. The average Bonchev–Trinajstić information content (AvgIpc) is 3.13.